The van der Waals surface area contributed by atoms with Gasteiger partial charge >= 0.3 is 47.8 Å². The van der Waals surface area contributed by atoms with Gasteiger partial charge in [-0.05, 0) is 81.0 Å². The molecular formula is C48H69N7O20. The SMILES string of the molecule is O=C(O)CC[C@H](NC(=O)N[C@@H](CCCCNC(=O)CCCCCNC(=O)CCc1ccc(O)c(CN(CCN(CC(=O)O)Cc2cc(CCC(O)N[C@@H](CC(=O)O)C(=O)O)ccc2O)CC(=O)O)c1)C(=O)O)C(=O)O. The molecule has 75 heavy (non-hydrogen) atoms. The average molecular weight is 1060 g/mol. The molecule has 0 saturated heterocycles. The molecule has 0 aliphatic heterocycles. The fourth-order valence-electron chi connectivity index (χ4n) is 7.52. The number of carbonyl (C=O) groups excluding carboxylic acids is 3. The number of aromatic hydroxyl groups is 2. The molecule has 0 saturated carbocycles. The lowest BCUT2D eigenvalue weighted by Crippen LogP contribution is -2.51. The number of urea groups is 1. The van der Waals surface area contributed by atoms with Crippen LogP contribution in [0.5, 0.6) is 11.5 Å². The zero-order chi connectivity index (χ0) is 56.0. The van der Waals surface area contributed by atoms with Crippen molar-refractivity contribution in [2.75, 3.05) is 39.3 Å². The maximum Gasteiger partial charge on any atom is 0.326 e. The first kappa shape index (κ1) is 63.5. The number of aliphatic carboxylic acids is 7. The molecule has 0 heterocycles. The van der Waals surface area contributed by atoms with Crippen LogP contribution in [0.4, 0.5) is 4.79 Å². The maximum atomic E-state index is 12.7. The molecule has 2 aromatic carbocycles. The molecule has 27 nitrogen and oxygen atoms in total. The maximum absolute atomic E-state index is 12.7. The van der Waals surface area contributed by atoms with Gasteiger partial charge in [0.2, 0.25) is 11.8 Å². The quantitative estimate of drug-likeness (QED) is 0.0315. The number of aryl methyl sites for hydroxylation is 2. The van der Waals surface area contributed by atoms with Gasteiger partial charge in [-0.1, -0.05) is 30.7 Å². The minimum Gasteiger partial charge on any atom is -0.508 e. The van der Waals surface area contributed by atoms with E-state index in [0.29, 0.717) is 60.9 Å². The van der Waals surface area contributed by atoms with Crippen molar-refractivity contribution in [2.24, 2.45) is 0 Å². The monoisotopic (exact) mass is 1060 g/mol. The van der Waals surface area contributed by atoms with E-state index in [1.165, 1.54) is 21.9 Å². The minimum atomic E-state index is -1.53. The van der Waals surface area contributed by atoms with Crippen molar-refractivity contribution >= 4 is 59.6 Å². The number of benzene rings is 2. The highest BCUT2D eigenvalue weighted by molar-refractivity contribution is 5.86. The van der Waals surface area contributed by atoms with Crippen molar-refractivity contribution in [3.05, 3.63) is 58.7 Å². The molecule has 4 atom stereocenters. The summed E-state index contributed by atoms with van der Waals surface area (Å²) < 4.78 is 0. The average Bonchev–Trinajstić information content (AvgIpc) is 3.31. The van der Waals surface area contributed by atoms with E-state index in [1.54, 1.807) is 24.3 Å². The lowest BCUT2D eigenvalue weighted by Gasteiger charge is -2.26. The third-order valence-corrected chi connectivity index (χ3v) is 11.4. The number of rotatable bonds is 40. The highest BCUT2D eigenvalue weighted by atomic mass is 16.4. The Morgan fingerprint density at radius 1 is 0.493 bits per heavy atom. The molecule has 27 heteroatoms. The molecule has 416 valence electrons. The number of phenolic OH excluding ortho intramolecular Hbond substituents is 2. The van der Waals surface area contributed by atoms with E-state index in [-0.39, 0.29) is 94.6 Å². The van der Waals surface area contributed by atoms with Crippen LogP contribution in [0.3, 0.4) is 0 Å². The number of aliphatic hydroxyl groups is 1. The van der Waals surface area contributed by atoms with E-state index in [4.69, 9.17) is 10.2 Å². The minimum absolute atomic E-state index is 0.00535. The van der Waals surface area contributed by atoms with Crippen LogP contribution >= 0.6 is 0 Å². The molecule has 0 fully saturated rings. The first-order valence-electron chi connectivity index (χ1n) is 24.1. The summed E-state index contributed by atoms with van der Waals surface area (Å²) in [7, 11) is 0. The van der Waals surface area contributed by atoms with Gasteiger partial charge in [0, 0.05) is 69.7 Å². The molecule has 0 aromatic heterocycles. The molecule has 0 aliphatic rings. The van der Waals surface area contributed by atoms with Crippen LogP contribution in [-0.4, -0.2) is 184 Å². The molecule has 0 bridgehead atoms. The fraction of sp³-hybridized carbons (Fsp3) is 0.542. The van der Waals surface area contributed by atoms with Crippen LogP contribution in [0.15, 0.2) is 36.4 Å². The van der Waals surface area contributed by atoms with Gasteiger partial charge in [-0.3, -0.25) is 48.7 Å². The first-order chi connectivity index (χ1) is 35.4. The topological polar surface area (TPSA) is 440 Å². The largest absolute Gasteiger partial charge is 0.508 e. The van der Waals surface area contributed by atoms with Crippen molar-refractivity contribution in [1.29, 1.82) is 0 Å². The van der Waals surface area contributed by atoms with Crippen molar-refractivity contribution in [1.82, 2.24) is 36.4 Å². The number of hydrogen-bond donors (Lipinski definition) is 15. The van der Waals surface area contributed by atoms with E-state index >= 15 is 0 Å². The van der Waals surface area contributed by atoms with Gasteiger partial charge in [0.05, 0.1) is 19.5 Å². The summed E-state index contributed by atoms with van der Waals surface area (Å²) in [5.74, 6) is -10.1. The predicted molar refractivity (Wildman–Crippen MR) is 261 cm³/mol. The Labute approximate surface area is 430 Å². The first-order valence-corrected chi connectivity index (χ1v) is 24.1. The lowest BCUT2D eigenvalue weighted by atomic mass is 10.0. The number of carboxylic acids is 7. The van der Waals surface area contributed by atoms with Gasteiger partial charge in [0.25, 0.3) is 0 Å². The second-order valence-electron chi connectivity index (χ2n) is 17.7. The van der Waals surface area contributed by atoms with Crippen molar-refractivity contribution in [3.8, 4) is 11.5 Å². The van der Waals surface area contributed by atoms with E-state index < -0.39 is 105 Å². The summed E-state index contributed by atoms with van der Waals surface area (Å²) in [6.07, 6.45) is 0.0516. The van der Waals surface area contributed by atoms with Crippen molar-refractivity contribution in [2.45, 2.75) is 127 Å². The van der Waals surface area contributed by atoms with E-state index in [1.807, 2.05) is 0 Å². The normalized spacial score (nSPS) is 12.7. The molecule has 1 unspecified atom stereocenters. The number of carbonyl (C=O) groups is 10. The molecule has 2 rings (SSSR count). The smallest absolute Gasteiger partial charge is 0.326 e. The van der Waals surface area contributed by atoms with Crippen LogP contribution in [-0.2, 0) is 69.1 Å². The van der Waals surface area contributed by atoms with Gasteiger partial charge < -0.3 is 72.3 Å². The Morgan fingerprint density at radius 2 is 0.973 bits per heavy atom. The van der Waals surface area contributed by atoms with E-state index in [9.17, 15) is 88.8 Å². The van der Waals surface area contributed by atoms with Crippen molar-refractivity contribution in [3.63, 3.8) is 0 Å². The highest BCUT2D eigenvalue weighted by Crippen LogP contribution is 2.24. The zero-order valence-corrected chi connectivity index (χ0v) is 41.3. The van der Waals surface area contributed by atoms with Crippen LogP contribution in [0, 0.1) is 0 Å². The van der Waals surface area contributed by atoms with Crippen LogP contribution in [0.1, 0.15) is 99.3 Å². The van der Waals surface area contributed by atoms with Gasteiger partial charge in [-0.15, -0.1) is 0 Å². The summed E-state index contributed by atoms with van der Waals surface area (Å²) in [6, 6.07) is 3.67. The summed E-state index contributed by atoms with van der Waals surface area (Å²) >= 11 is 0. The Kier molecular flexibility index (Phi) is 28.8. The molecular weight excluding hydrogens is 995 g/mol. The van der Waals surface area contributed by atoms with Gasteiger partial charge in [-0.2, -0.15) is 0 Å². The molecule has 0 radical (unpaired) electrons. The summed E-state index contributed by atoms with van der Waals surface area (Å²) in [6.45, 7) is -0.522. The third kappa shape index (κ3) is 27.9. The Bertz CT molecular complexity index is 2260. The third-order valence-electron chi connectivity index (χ3n) is 11.4. The standard InChI is InChI=1S/C48H69N7O20/c56-36-13-8-29(10-15-39(59)50-18-4-1-2-7-38(58)49-19-5-3-6-33(45(69)70)52-48(75)53-34(46(71)72)12-17-41(61)62)22-31(36)25-54(27-43(65)66)20-21-55(28-44(67)68)26-32-23-30(9-14-37(32)57)11-16-40(60)51-35(47(73)74)24-42(63)64/h8-9,13-14,22-23,33-35,40,51,56-57,60H,1-7,10-12,15-21,24-28H2,(H,49,58)(H,50,59)(H,61,62)(H,63,64)(H,65,66)(H,67,68)(H,69,70)(H,71,72)(H,73,74)(H2,52,53,75)/t33-,34-,35-,40?/m0/s1. The second kappa shape index (κ2) is 34.0. The fourth-order valence-corrected chi connectivity index (χ4v) is 7.52. The van der Waals surface area contributed by atoms with Crippen LogP contribution in [0.2, 0.25) is 0 Å². The van der Waals surface area contributed by atoms with Gasteiger partial charge in [0.15, 0.2) is 0 Å². The number of aliphatic hydroxyl groups excluding tert-OH is 1. The second-order valence-corrected chi connectivity index (χ2v) is 17.7. The number of carboxylic acid groups (broad SMARTS) is 7. The number of nitrogens with one attached hydrogen (secondary N) is 5. The molecule has 0 spiro atoms. The lowest BCUT2D eigenvalue weighted by molar-refractivity contribution is -0.147. The number of phenols is 2. The Hall–Kier alpha value is -7.62. The van der Waals surface area contributed by atoms with Crippen LogP contribution < -0.4 is 26.6 Å². The number of hydrogen-bond acceptors (Lipinski definition) is 16. The Balaban J connectivity index is 1.81. The summed E-state index contributed by atoms with van der Waals surface area (Å²) in [5, 5.41) is 109. The molecule has 15 N–H and O–H groups in total. The zero-order valence-electron chi connectivity index (χ0n) is 41.3. The summed E-state index contributed by atoms with van der Waals surface area (Å²) in [4.78, 5) is 120. The molecule has 2 aromatic rings. The molecule has 4 amide bonds. The van der Waals surface area contributed by atoms with Crippen LogP contribution in [0.25, 0.3) is 0 Å². The predicted octanol–water partition coefficient (Wildman–Crippen LogP) is 0.306. The number of unbranched alkanes of at least 4 members (excludes halogenated alkanes) is 3. The van der Waals surface area contributed by atoms with Gasteiger partial charge in [-0.25, -0.2) is 14.4 Å². The van der Waals surface area contributed by atoms with E-state index in [0.717, 1.165) is 0 Å². The molecule has 0 aliphatic carbocycles. The summed E-state index contributed by atoms with van der Waals surface area (Å²) in [5.41, 5.74) is 1.92. The van der Waals surface area contributed by atoms with Gasteiger partial charge in [0.1, 0.15) is 35.9 Å². The number of amides is 4. The van der Waals surface area contributed by atoms with E-state index in [2.05, 4.69) is 26.6 Å². The highest BCUT2D eigenvalue weighted by Gasteiger charge is 2.26. The number of nitrogens with zero attached hydrogens (tertiary/aromatic N) is 2. The Morgan fingerprint density at radius 3 is 1.45 bits per heavy atom. The van der Waals surface area contributed by atoms with Crippen molar-refractivity contribution < 1.29 is 99.0 Å².